The van der Waals surface area contributed by atoms with Crippen LogP contribution in [0.2, 0.25) is 0 Å². The van der Waals surface area contributed by atoms with Crippen molar-refractivity contribution < 1.29 is 48.0 Å². The maximum absolute atomic E-state index is 14.3. The molecule has 10 heteroatoms. The molecular formula is C30H50O10. The Hall–Kier alpha value is -2.65. The summed E-state index contributed by atoms with van der Waals surface area (Å²) < 4.78 is 21.8. The smallest absolute Gasteiger partial charge is 0.315 e. The quantitative estimate of drug-likeness (QED) is 0.163. The molecular weight excluding hydrogens is 520 g/mol. The van der Waals surface area contributed by atoms with E-state index in [1.807, 2.05) is 20.8 Å². The molecule has 0 amide bonds. The van der Waals surface area contributed by atoms with E-state index in [1.54, 1.807) is 13.8 Å². The first-order chi connectivity index (χ1) is 18.3. The van der Waals surface area contributed by atoms with Crippen molar-refractivity contribution >= 4 is 29.8 Å². The molecule has 0 spiro atoms. The van der Waals surface area contributed by atoms with Crippen molar-refractivity contribution in [2.75, 3.05) is 26.9 Å². The van der Waals surface area contributed by atoms with Crippen molar-refractivity contribution in [2.24, 2.45) is 32.5 Å². The Balaban J connectivity index is 3.93. The van der Waals surface area contributed by atoms with Crippen molar-refractivity contribution in [3.63, 3.8) is 0 Å². The van der Waals surface area contributed by atoms with Crippen LogP contribution in [0.4, 0.5) is 0 Å². The highest BCUT2D eigenvalue weighted by Gasteiger charge is 2.83. The number of aliphatic carboxylic acids is 1. The molecule has 230 valence electrons. The average molecular weight is 571 g/mol. The zero-order chi connectivity index (χ0) is 31.4. The van der Waals surface area contributed by atoms with E-state index >= 15 is 0 Å². The summed E-state index contributed by atoms with van der Waals surface area (Å²) >= 11 is 0. The van der Waals surface area contributed by atoms with Crippen molar-refractivity contribution in [1.29, 1.82) is 0 Å². The predicted octanol–water partition coefficient (Wildman–Crippen LogP) is 4.96. The van der Waals surface area contributed by atoms with Crippen LogP contribution in [0.15, 0.2) is 0 Å². The average Bonchev–Trinajstić information content (AvgIpc) is 3.21. The number of hydrogen-bond acceptors (Lipinski definition) is 9. The van der Waals surface area contributed by atoms with Gasteiger partial charge in [-0.2, -0.15) is 0 Å². The summed E-state index contributed by atoms with van der Waals surface area (Å²) in [6.07, 6.45) is 2.61. The van der Waals surface area contributed by atoms with Gasteiger partial charge in [-0.1, -0.05) is 33.6 Å². The number of carbonyl (C=O) groups excluding carboxylic acids is 4. The molecule has 1 fully saturated rings. The molecule has 1 N–H and O–H groups in total. The van der Waals surface area contributed by atoms with E-state index in [2.05, 4.69) is 0 Å². The monoisotopic (exact) mass is 570 g/mol. The van der Waals surface area contributed by atoms with Gasteiger partial charge in [-0.05, 0) is 67.7 Å². The van der Waals surface area contributed by atoms with Gasteiger partial charge in [0.05, 0.1) is 35.4 Å². The Labute approximate surface area is 238 Å². The Morgan fingerprint density at radius 3 is 1.85 bits per heavy atom. The summed E-state index contributed by atoms with van der Waals surface area (Å²) in [6, 6.07) is 0. The van der Waals surface area contributed by atoms with E-state index in [9.17, 15) is 29.1 Å². The number of carboxylic acids is 1. The van der Waals surface area contributed by atoms with Crippen LogP contribution in [0, 0.1) is 32.5 Å². The molecule has 0 aromatic rings. The van der Waals surface area contributed by atoms with Crippen LogP contribution in [0.1, 0.15) is 101 Å². The number of unbranched alkanes of at least 4 members (excludes halogenated alkanes) is 1. The van der Waals surface area contributed by atoms with Crippen LogP contribution >= 0.6 is 0 Å². The second-order valence-electron chi connectivity index (χ2n) is 12.7. The predicted molar refractivity (Wildman–Crippen MR) is 147 cm³/mol. The van der Waals surface area contributed by atoms with Gasteiger partial charge in [0.15, 0.2) is 0 Å². The summed E-state index contributed by atoms with van der Waals surface area (Å²) in [4.78, 5) is 67.3. The molecule has 3 unspecified atom stereocenters. The van der Waals surface area contributed by atoms with Crippen molar-refractivity contribution in [1.82, 2.24) is 0 Å². The lowest BCUT2D eigenvalue weighted by atomic mass is 9.37. The number of cyclic esters (lactones) is 1. The molecule has 0 bridgehead atoms. The molecule has 0 radical (unpaired) electrons. The lowest BCUT2D eigenvalue weighted by molar-refractivity contribution is -0.226. The van der Waals surface area contributed by atoms with Crippen LogP contribution in [0.25, 0.3) is 0 Å². The standard InChI is InChI=1S/C30H50O10/c1-12-15-16-29(14-3)19-40-24(36)30(29,26(6,7)20(31)32)28(10,27(8,9)22(34)37-11)23(35)39-18-17-38-21(33)25(4,5)13-2/h12-19H2,1-11H3,(H,31,32). The molecule has 0 saturated carbocycles. The Morgan fingerprint density at radius 2 is 1.43 bits per heavy atom. The molecule has 1 rings (SSSR count). The second kappa shape index (κ2) is 12.5. The first-order valence-electron chi connectivity index (χ1n) is 14.1. The zero-order valence-corrected chi connectivity index (χ0v) is 26.3. The third-order valence-corrected chi connectivity index (χ3v) is 9.83. The Kier molecular flexibility index (Phi) is 11.0. The minimum absolute atomic E-state index is 0.108. The summed E-state index contributed by atoms with van der Waals surface area (Å²) in [6.45, 7) is 15.5. The lowest BCUT2D eigenvalue weighted by Gasteiger charge is -2.60. The molecule has 1 heterocycles. The summed E-state index contributed by atoms with van der Waals surface area (Å²) in [7, 11) is 1.16. The van der Waals surface area contributed by atoms with Crippen LogP contribution < -0.4 is 0 Å². The highest BCUT2D eigenvalue weighted by Crippen LogP contribution is 2.72. The second-order valence-corrected chi connectivity index (χ2v) is 12.7. The van der Waals surface area contributed by atoms with Gasteiger partial charge >= 0.3 is 29.8 Å². The zero-order valence-electron chi connectivity index (χ0n) is 26.3. The molecule has 1 saturated heterocycles. The third kappa shape index (κ3) is 5.22. The summed E-state index contributed by atoms with van der Waals surface area (Å²) in [5, 5.41) is 10.6. The fourth-order valence-corrected chi connectivity index (χ4v) is 6.48. The van der Waals surface area contributed by atoms with E-state index < -0.39 is 62.3 Å². The number of hydrogen-bond donors (Lipinski definition) is 1. The number of carbonyl (C=O) groups is 5. The molecule has 3 atom stereocenters. The van der Waals surface area contributed by atoms with Crippen LogP contribution in [0.3, 0.4) is 0 Å². The van der Waals surface area contributed by atoms with Gasteiger partial charge in [0.1, 0.15) is 18.6 Å². The van der Waals surface area contributed by atoms with Gasteiger partial charge in [0.25, 0.3) is 0 Å². The summed E-state index contributed by atoms with van der Waals surface area (Å²) in [5.74, 6) is -4.45. The molecule has 40 heavy (non-hydrogen) atoms. The van der Waals surface area contributed by atoms with Crippen LogP contribution in [-0.4, -0.2) is 61.9 Å². The van der Waals surface area contributed by atoms with Crippen molar-refractivity contribution in [3.8, 4) is 0 Å². The maximum atomic E-state index is 14.3. The number of methoxy groups -OCH3 is 1. The highest BCUT2D eigenvalue weighted by molar-refractivity contribution is 5.99. The van der Waals surface area contributed by atoms with Gasteiger partial charge in [0.2, 0.25) is 0 Å². The molecule has 1 aliphatic heterocycles. The Bertz CT molecular complexity index is 981. The van der Waals surface area contributed by atoms with Gasteiger partial charge in [-0.15, -0.1) is 0 Å². The molecule has 0 aromatic carbocycles. The topological polar surface area (TPSA) is 142 Å². The molecule has 0 aliphatic carbocycles. The molecule has 1 aliphatic rings. The first-order valence-corrected chi connectivity index (χ1v) is 14.1. The minimum Gasteiger partial charge on any atom is -0.481 e. The van der Waals surface area contributed by atoms with Gasteiger partial charge in [0, 0.05) is 5.41 Å². The van der Waals surface area contributed by atoms with E-state index in [-0.39, 0.29) is 19.8 Å². The first kappa shape index (κ1) is 35.4. The highest BCUT2D eigenvalue weighted by atomic mass is 16.6. The number of carboxylic acid groups (broad SMARTS) is 1. The number of esters is 4. The van der Waals surface area contributed by atoms with E-state index in [0.29, 0.717) is 25.7 Å². The van der Waals surface area contributed by atoms with E-state index in [1.165, 1.54) is 34.6 Å². The fraction of sp³-hybridized carbons (Fsp3) is 0.833. The van der Waals surface area contributed by atoms with Crippen molar-refractivity contribution in [2.45, 2.75) is 101 Å². The molecule has 0 aromatic heterocycles. The number of ether oxygens (including phenoxy) is 4. The van der Waals surface area contributed by atoms with Gasteiger partial charge in [-0.3, -0.25) is 24.0 Å². The minimum atomic E-state index is -2.08. The summed E-state index contributed by atoms with van der Waals surface area (Å²) in [5.41, 5.74) is -9.62. The lowest BCUT2D eigenvalue weighted by Crippen LogP contribution is -2.71. The van der Waals surface area contributed by atoms with E-state index in [0.717, 1.165) is 13.5 Å². The largest absolute Gasteiger partial charge is 0.481 e. The maximum Gasteiger partial charge on any atom is 0.315 e. The molecule has 10 nitrogen and oxygen atoms in total. The fourth-order valence-electron chi connectivity index (χ4n) is 6.48. The number of rotatable bonds is 15. The normalized spacial score (nSPS) is 23.1. The van der Waals surface area contributed by atoms with E-state index in [4.69, 9.17) is 18.9 Å². The van der Waals surface area contributed by atoms with Gasteiger partial charge < -0.3 is 24.1 Å². The third-order valence-electron chi connectivity index (χ3n) is 9.83. The SMILES string of the molecule is CCCCC1(CC)COC(=O)C1(C(C)(C)C(=O)O)C(C)(C(=O)OCCOC(=O)C(C)(C)CC)C(C)(C)C(=O)OC. The van der Waals surface area contributed by atoms with Crippen molar-refractivity contribution in [3.05, 3.63) is 0 Å². The van der Waals surface area contributed by atoms with Crippen LogP contribution in [0.5, 0.6) is 0 Å². The van der Waals surface area contributed by atoms with Gasteiger partial charge in [-0.25, -0.2) is 0 Å². The van der Waals surface area contributed by atoms with Crippen LogP contribution in [-0.2, 0) is 42.9 Å². The Morgan fingerprint density at radius 1 is 0.900 bits per heavy atom.